The summed E-state index contributed by atoms with van der Waals surface area (Å²) in [5.74, 6) is -2.37. The second-order valence-corrected chi connectivity index (χ2v) is 15.9. The van der Waals surface area contributed by atoms with Crippen molar-refractivity contribution in [3.8, 4) is 11.5 Å². The van der Waals surface area contributed by atoms with Crippen molar-refractivity contribution in [1.82, 2.24) is 0 Å². The van der Waals surface area contributed by atoms with Crippen LogP contribution in [0.3, 0.4) is 0 Å². The average Bonchev–Trinajstić information content (AvgIpc) is 3.15. The highest BCUT2D eigenvalue weighted by molar-refractivity contribution is 7.49. The Kier molecular flexibility index (Phi) is 19.3. The van der Waals surface area contributed by atoms with E-state index in [1.54, 1.807) is 48.5 Å². The summed E-state index contributed by atoms with van der Waals surface area (Å²) in [5, 5.41) is 0. The molecule has 0 heterocycles. The second kappa shape index (κ2) is 22.8. The molecule has 2 aromatic carbocycles. The van der Waals surface area contributed by atoms with Crippen LogP contribution >= 0.6 is 15.6 Å². The lowest BCUT2D eigenvalue weighted by Crippen LogP contribution is -2.19. The fraction of sp³-hybridized carbons (Fsp3) is 0.385. The van der Waals surface area contributed by atoms with Gasteiger partial charge in [0.15, 0.2) is 0 Å². The molecule has 0 aliphatic carbocycles. The summed E-state index contributed by atoms with van der Waals surface area (Å²) in [6, 6.07) is 13.2. The van der Waals surface area contributed by atoms with E-state index in [0.717, 1.165) is 11.1 Å². The van der Waals surface area contributed by atoms with Crippen molar-refractivity contribution in [1.29, 1.82) is 0 Å². The molecule has 0 saturated carbocycles. The van der Waals surface area contributed by atoms with Crippen LogP contribution in [0, 0.1) is 0 Å². The Morgan fingerprint density at radius 2 is 0.684 bits per heavy atom. The van der Waals surface area contributed by atoms with Crippen molar-refractivity contribution >= 4 is 39.5 Å². The van der Waals surface area contributed by atoms with Crippen LogP contribution in [0.2, 0.25) is 0 Å². The van der Waals surface area contributed by atoms with E-state index < -0.39 is 44.9 Å². The first-order chi connectivity index (χ1) is 26.7. The SMILES string of the molecule is C=C(C)C(=O)OCCOP(=O)(OCCOC(=O)C(=C)C)Oc1ccc(C(C)(C)c2ccc(OP(=O)(OCCOC(=O)C(=C)C)OCCOC(=O)C(=C)C)cc2)cc1. The molecule has 0 amide bonds. The number of rotatable bonds is 26. The smallest absolute Gasteiger partial charge is 0.460 e. The van der Waals surface area contributed by atoms with E-state index in [1.165, 1.54) is 27.7 Å². The van der Waals surface area contributed by atoms with E-state index in [-0.39, 0.29) is 86.6 Å². The van der Waals surface area contributed by atoms with Crippen LogP contribution in [0.4, 0.5) is 0 Å². The van der Waals surface area contributed by atoms with Crippen molar-refractivity contribution in [3.05, 3.63) is 108 Å². The van der Waals surface area contributed by atoms with Gasteiger partial charge in [0.1, 0.15) is 37.9 Å². The van der Waals surface area contributed by atoms with Crippen molar-refractivity contribution in [2.24, 2.45) is 0 Å². The molecule has 0 fully saturated rings. The number of hydrogen-bond acceptors (Lipinski definition) is 16. The van der Waals surface area contributed by atoms with Crippen molar-refractivity contribution in [2.75, 3.05) is 52.9 Å². The topological polar surface area (TPSA) is 195 Å². The summed E-state index contributed by atoms with van der Waals surface area (Å²) in [7, 11) is -8.63. The summed E-state index contributed by atoms with van der Waals surface area (Å²) < 4.78 is 79.8. The van der Waals surface area contributed by atoms with E-state index in [1.807, 2.05) is 13.8 Å². The highest BCUT2D eigenvalue weighted by Gasteiger charge is 2.32. The molecule has 0 bridgehead atoms. The molecule has 57 heavy (non-hydrogen) atoms. The summed E-state index contributed by atoms with van der Waals surface area (Å²) >= 11 is 0. The first-order valence-electron chi connectivity index (χ1n) is 17.4. The Balaban J connectivity index is 2.17. The van der Waals surface area contributed by atoms with Crippen LogP contribution in [-0.4, -0.2) is 76.7 Å². The molecule has 0 spiro atoms. The van der Waals surface area contributed by atoms with Crippen molar-refractivity contribution < 1.29 is 74.4 Å². The van der Waals surface area contributed by atoms with Crippen LogP contribution in [0.15, 0.2) is 97.1 Å². The van der Waals surface area contributed by atoms with Crippen LogP contribution < -0.4 is 9.05 Å². The molecule has 0 saturated heterocycles. The van der Waals surface area contributed by atoms with Gasteiger partial charge in [0.05, 0.1) is 26.4 Å². The molecule has 312 valence electrons. The summed E-state index contributed by atoms with van der Waals surface area (Å²) in [4.78, 5) is 46.8. The fourth-order valence-corrected chi connectivity index (χ4v) is 6.41. The second-order valence-electron chi connectivity index (χ2n) is 12.7. The standard InChI is InChI=1S/C39H50O16P2/c1-27(2)35(40)46-19-23-50-56(44,51-24-20-47-36(41)28(3)4)54-33-15-11-31(12-16-33)39(9,10)32-13-17-34(18-14-32)55-57(45,52-25-21-48-37(42)29(5)6)53-26-22-49-38(43)30(7)8/h11-18H,1,3,5,7,19-26H2,2,4,6,8-10H3. The number of esters is 4. The maximum absolute atomic E-state index is 13.5. The first-order valence-corrected chi connectivity index (χ1v) is 20.3. The minimum absolute atomic E-state index is 0.124. The average molecular weight is 837 g/mol. The highest BCUT2D eigenvalue weighted by Crippen LogP contribution is 2.51. The van der Waals surface area contributed by atoms with Crippen LogP contribution in [0.5, 0.6) is 11.5 Å². The molecule has 16 nitrogen and oxygen atoms in total. The number of hydrogen-bond donors (Lipinski definition) is 0. The lowest BCUT2D eigenvalue weighted by atomic mass is 9.78. The van der Waals surface area contributed by atoms with Gasteiger partial charge in [-0.2, -0.15) is 0 Å². The van der Waals surface area contributed by atoms with Crippen LogP contribution in [0.1, 0.15) is 52.7 Å². The normalized spacial score (nSPS) is 11.5. The molecule has 0 N–H and O–H groups in total. The lowest BCUT2D eigenvalue weighted by Gasteiger charge is -2.27. The highest BCUT2D eigenvalue weighted by atomic mass is 31.2. The lowest BCUT2D eigenvalue weighted by molar-refractivity contribution is -0.141. The zero-order valence-electron chi connectivity index (χ0n) is 33.0. The molecular weight excluding hydrogens is 786 g/mol. The minimum Gasteiger partial charge on any atom is -0.460 e. The third kappa shape index (κ3) is 17.1. The van der Waals surface area contributed by atoms with Crippen LogP contribution in [0.25, 0.3) is 0 Å². The molecular formula is C39H50O16P2. The Hall–Kier alpha value is -4.82. The van der Waals surface area contributed by atoms with Gasteiger partial charge < -0.3 is 28.0 Å². The van der Waals surface area contributed by atoms with Gasteiger partial charge in [0.2, 0.25) is 0 Å². The first kappa shape index (κ1) is 48.3. The van der Waals surface area contributed by atoms with Gasteiger partial charge >= 0.3 is 39.5 Å². The van der Waals surface area contributed by atoms with Gasteiger partial charge in [-0.25, -0.2) is 28.3 Å². The quantitative estimate of drug-likeness (QED) is 0.0296. The maximum atomic E-state index is 13.5. The molecule has 0 aliphatic heterocycles. The van der Waals surface area contributed by atoms with E-state index >= 15 is 0 Å². The molecule has 0 aliphatic rings. The Morgan fingerprint density at radius 3 is 0.895 bits per heavy atom. The predicted octanol–water partition coefficient (Wildman–Crippen LogP) is 7.53. The number of ether oxygens (including phenoxy) is 4. The Morgan fingerprint density at radius 1 is 0.456 bits per heavy atom. The number of phosphoric acid groups is 2. The molecule has 0 unspecified atom stereocenters. The van der Waals surface area contributed by atoms with Gasteiger partial charge in [-0.1, -0.05) is 64.4 Å². The number of carbonyl (C=O) groups excluding carboxylic acids is 4. The minimum atomic E-state index is -4.32. The third-order valence-corrected chi connectivity index (χ3v) is 10.1. The fourth-order valence-electron chi connectivity index (χ4n) is 4.10. The molecule has 0 atom stereocenters. The summed E-state index contributed by atoms with van der Waals surface area (Å²) in [5.41, 5.74) is 1.69. The molecule has 18 heteroatoms. The molecule has 2 aromatic rings. The largest absolute Gasteiger partial charge is 0.530 e. The van der Waals surface area contributed by atoms with E-state index in [0.29, 0.717) is 0 Å². The predicted molar refractivity (Wildman–Crippen MR) is 208 cm³/mol. The van der Waals surface area contributed by atoms with Crippen molar-refractivity contribution in [2.45, 2.75) is 47.0 Å². The van der Waals surface area contributed by atoms with Gasteiger partial charge in [-0.15, -0.1) is 0 Å². The Labute approximate surface area is 332 Å². The monoisotopic (exact) mass is 836 g/mol. The molecule has 0 radical (unpaired) electrons. The maximum Gasteiger partial charge on any atom is 0.530 e. The van der Waals surface area contributed by atoms with Crippen molar-refractivity contribution in [3.63, 3.8) is 0 Å². The molecule has 2 rings (SSSR count). The molecule has 0 aromatic heterocycles. The number of benzene rings is 2. The van der Waals surface area contributed by atoms with Gasteiger partial charge in [-0.05, 0) is 63.1 Å². The Bertz CT molecular complexity index is 1660. The van der Waals surface area contributed by atoms with E-state index in [9.17, 15) is 28.3 Å². The zero-order valence-corrected chi connectivity index (χ0v) is 34.8. The third-order valence-electron chi connectivity index (χ3n) is 7.24. The zero-order chi connectivity index (χ0) is 42.8. The number of phosphoric ester groups is 2. The van der Waals surface area contributed by atoms with E-state index in [2.05, 4.69) is 26.3 Å². The van der Waals surface area contributed by atoms with Crippen LogP contribution in [-0.2, 0) is 70.8 Å². The van der Waals surface area contributed by atoms with Gasteiger partial charge in [0, 0.05) is 27.7 Å². The van der Waals surface area contributed by atoms with Gasteiger partial charge in [0.25, 0.3) is 0 Å². The summed E-state index contributed by atoms with van der Waals surface area (Å²) in [6.07, 6.45) is 0. The summed E-state index contributed by atoms with van der Waals surface area (Å²) in [6.45, 7) is 21.4. The number of carbonyl (C=O) groups is 4. The van der Waals surface area contributed by atoms with Gasteiger partial charge in [-0.3, -0.25) is 18.1 Å². The van der Waals surface area contributed by atoms with E-state index in [4.69, 9.17) is 46.1 Å².